The first-order chi connectivity index (χ1) is 10.9. The normalized spacial score (nSPS) is 10.3. The number of anilines is 1. The summed E-state index contributed by atoms with van der Waals surface area (Å²) in [6, 6.07) is 10.3. The van der Waals surface area contributed by atoms with Gasteiger partial charge in [0.25, 0.3) is 5.91 Å². The minimum Gasteiger partial charge on any atom is -0.452 e. The van der Waals surface area contributed by atoms with Gasteiger partial charge in [-0.2, -0.15) is 0 Å². The number of esters is 1. The van der Waals surface area contributed by atoms with Crippen LogP contribution in [0.4, 0.5) is 5.69 Å². The number of hydrogen-bond donors (Lipinski definition) is 1. The number of amides is 1. The maximum atomic E-state index is 11.9. The van der Waals surface area contributed by atoms with Crippen LogP contribution in [0.25, 0.3) is 0 Å². The van der Waals surface area contributed by atoms with Crippen LogP contribution in [-0.2, 0) is 9.53 Å². The maximum Gasteiger partial charge on any atom is 0.340 e. The Morgan fingerprint density at radius 2 is 1.87 bits per heavy atom. The predicted molar refractivity (Wildman–Crippen MR) is 91.3 cm³/mol. The number of aryl methyl sites for hydroxylation is 2. The fourth-order valence-electron chi connectivity index (χ4n) is 2.01. The van der Waals surface area contributed by atoms with Crippen LogP contribution in [0.15, 0.2) is 36.4 Å². The van der Waals surface area contributed by atoms with E-state index in [2.05, 4.69) is 5.32 Å². The average molecular weight is 352 g/mol. The first-order valence-corrected chi connectivity index (χ1v) is 7.62. The van der Waals surface area contributed by atoms with Crippen LogP contribution >= 0.6 is 23.2 Å². The minimum atomic E-state index is -0.701. The summed E-state index contributed by atoms with van der Waals surface area (Å²) in [5.41, 5.74) is 2.83. The smallest absolute Gasteiger partial charge is 0.340 e. The van der Waals surface area contributed by atoms with Crippen molar-refractivity contribution in [3.8, 4) is 0 Å². The molecule has 0 aliphatic rings. The molecule has 4 nitrogen and oxygen atoms in total. The van der Waals surface area contributed by atoms with Gasteiger partial charge < -0.3 is 10.1 Å². The Bertz CT molecular complexity index is 759. The Labute approximate surface area is 144 Å². The summed E-state index contributed by atoms with van der Waals surface area (Å²) in [6.45, 7) is 3.45. The predicted octanol–water partition coefficient (Wildman–Crippen LogP) is 4.41. The molecule has 0 fully saturated rings. The van der Waals surface area contributed by atoms with E-state index in [-0.39, 0.29) is 15.6 Å². The van der Waals surface area contributed by atoms with Gasteiger partial charge in [0.2, 0.25) is 0 Å². The topological polar surface area (TPSA) is 55.4 Å². The molecule has 0 aliphatic heterocycles. The van der Waals surface area contributed by atoms with Crippen molar-refractivity contribution < 1.29 is 14.3 Å². The highest BCUT2D eigenvalue weighted by Crippen LogP contribution is 2.26. The molecule has 6 heteroatoms. The summed E-state index contributed by atoms with van der Waals surface area (Å²) in [5.74, 6) is -1.13. The van der Waals surface area contributed by atoms with Crippen molar-refractivity contribution in [1.82, 2.24) is 0 Å². The molecule has 0 bridgehead atoms. The highest BCUT2D eigenvalue weighted by Gasteiger charge is 2.15. The summed E-state index contributed by atoms with van der Waals surface area (Å²) in [4.78, 5) is 23.8. The van der Waals surface area contributed by atoms with E-state index in [1.807, 2.05) is 26.0 Å². The first kappa shape index (κ1) is 17.3. The molecule has 0 spiro atoms. The third-order valence-corrected chi connectivity index (χ3v) is 3.98. The molecule has 0 radical (unpaired) electrons. The molecule has 2 aromatic rings. The van der Waals surface area contributed by atoms with E-state index < -0.39 is 18.5 Å². The standard InChI is InChI=1S/C17H15Cl2NO3/c1-10-6-7-14(11(2)8-10)20-15(21)9-23-17(22)12-4-3-5-13(18)16(12)19/h3-8H,9H2,1-2H3,(H,20,21). The molecule has 2 rings (SSSR count). The first-order valence-electron chi connectivity index (χ1n) is 6.86. The van der Waals surface area contributed by atoms with Crippen molar-refractivity contribution in [1.29, 1.82) is 0 Å². The van der Waals surface area contributed by atoms with Gasteiger partial charge in [0.1, 0.15) is 0 Å². The molecule has 0 atom stereocenters. The second kappa shape index (κ2) is 7.49. The van der Waals surface area contributed by atoms with E-state index in [0.717, 1.165) is 11.1 Å². The summed E-state index contributed by atoms with van der Waals surface area (Å²) in [5, 5.41) is 3.05. The molecular formula is C17H15Cl2NO3. The molecule has 0 saturated carbocycles. The Morgan fingerprint density at radius 1 is 1.13 bits per heavy atom. The molecule has 23 heavy (non-hydrogen) atoms. The molecule has 0 unspecified atom stereocenters. The summed E-state index contributed by atoms with van der Waals surface area (Å²) in [7, 11) is 0. The lowest BCUT2D eigenvalue weighted by Gasteiger charge is -2.10. The number of nitrogens with one attached hydrogen (secondary N) is 1. The van der Waals surface area contributed by atoms with Crippen LogP contribution in [0.1, 0.15) is 21.5 Å². The highest BCUT2D eigenvalue weighted by molar-refractivity contribution is 6.43. The third-order valence-electron chi connectivity index (χ3n) is 3.16. The van der Waals surface area contributed by atoms with Crippen molar-refractivity contribution in [2.24, 2.45) is 0 Å². The second-order valence-electron chi connectivity index (χ2n) is 5.04. The van der Waals surface area contributed by atoms with Gasteiger partial charge in [-0.25, -0.2) is 4.79 Å². The monoisotopic (exact) mass is 351 g/mol. The van der Waals surface area contributed by atoms with Gasteiger partial charge in [-0.15, -0.1) is 0 Å². The van der Waals surface area contributed by atoms with E-state index in [0.29, 0.717) is 5.69 Å². The molecule has 2 aromatic carbocycles. The molecule has 0 aliphatic carbocycles. The third kappa shape index (κ3) is 4.47. The summed E-state index contributed by atoms with van der Waals surface area (Å²) in [6.07, 6.45) is 0. The van der Waals surface area contributed by atoms with E-state index in [9.17, 15) is 9.59 Å². The van der Waals surface area contributed by atoms with Crippen molar-refractivity contribution in [2.75, 3.05) is 11.9 Å². The van der Waals surface area contributed by atoms with Crippen molar-refractivity contribution in [3.05, 3.63) is 63.1 Å². The zero-order chi connectivity index (χ0) is 17.0. The Balaban J connectivity index is 1.96. The average Bonchev–Trinajstić information content (AvgIpc) is 2.50. The van der Waals surface area contributed by atoms with E-state index in [1.54, 1.807) is 18.2 Å². The second-order valence-corrected chi connectivity index (χ2v) is 5.83. The number of rotatable bonds is 4. The Kier molecular flexibility index (Phi) is 5.64. The molecule has 1 amide bonds. The molecule has 1 N–H and O–H groups in total. The van der Waals surface area contributed by atoms with Crippen LogP contribution in [0, 0.1) is 13.8 Å². The van der Waals surface area contributed by atoms with Gasteiger partial charge in [-0.1, -0.05) is 47.0 Å². The molecule has 120 valence electrons. The van der Waals surface area contributed by atoms with Gasteiger partial charge >= 0.3 is 5.97 Å². The van der Waals surface area contributed by atoms with Crippen LogP contribution in [0.3, 0.4) is 0 Å². The fourth-order valence-corrected chi connectivity index (χ4v) is 2.39. The van der Waals surface area contributed by atoms with E-state index >= 15 is 0 Å². The molecule has 0 aromatic heterocycles. The van der Waals surface area contributed by atoms with Gasteiger partial charge in [-0.3, -0.25) is 4.79 Å². The highest BCUT2D eigenvalue weighted by atomic mass is 35.5. The lowest BCUT2D eigenvalue weighted by atomic mass is 10.1. The summed E-state index contributed by atoms with van der Waals surface area (Å²) >= 11 is 11.8. The lowest BCUT2D eigenvalue weighted by molar-refractivity contribution is -0.119. The molecular weight excluding hydrogens is 337 g/mol. The van der Waals surface area contributed by atoms with Gasteiger partial charge in [-0.05, 0) is 37.6 Å². The van der Waals surface area contributed by atoms with Gasteiger partial charge in [0.15, 0.2) is 6.61 Å². The Morgan fingerprint density at radius 3 is 2.57 bits per heavy atom. The zero-order valence-corrected chi connectivity index (χ0v) is 14.2. The largest absolute Gasteiger partial charge is 0.452 e. The maximum absolute atomic E-state index is 11.9. The zero-order valence-electron chi connectivity index (χ0n) is 12.7. The van der Waals surface area contributed by atoms with Crippen LogP contribution in [0.2, 0.25) is 10.0 Å². The quantitative estimate of drug-likeness (QED) is 0.830. The summed E-state index contributed by atoms with van der Waals surface area (Å²) < 4.78 is 4.97. The fraction of sp³-hybridized carbons (Fsp3) is 0.176. The van der Waals surface area contributed by atoms with Gasteiger partial charge in [0.05, 0.1) is 15.6 Å². The minimum absolute atomic E-state index is 0.106. The van der Waals surface area contributed by atoms with Crippen LogP contribution in [0.5, 0.6) is 0 Å². The number of ether oxygens (including phenoxy) is 1. The lowest BCUT2D eigenvalue weighted by Crippen LogP contribution is -2.21. The number of benzene rings is 2. The van der Waals surface area contributed by atoms with Gasteiger partial charge in [0, 0.05) is 5.69 Å². The molecule has 0 heterocycles. The number of halogens is 2. The van der Waals surface area contributed by atoms with Crippen molar-refractivity contribution in [3.63, 3.8) is 0 Å². The van der Waals surface area contributed by atoms with E-state index in [4.69, 9.17) is 27.9 Å². The van der Waals surface area contributed by atoms with Crippen LogP contribution < -0.4 is 5.32 Å². The molecule has 0 saturated heterocycles. The Hall–Kier alpha value is -2.04. The van der Waals surface area contributed by atoms with Crippen molar-refractivity contribution in [2.45, 2.75) is 13.8 Å². The SMILES string of the molecule is Cc1ccc(NC(=O)COC(=O)c2cccc(Cl)c2Cl)c(C)c1. The number of carbonyl (C=O) groups is 2. The van der Waals surface area contributed by atoms with Crippen LogP contribution in [-0.4, -0.2) is 18.5 Å². The number of hydrogen-bond acceptors (Lipinski definition) is 3. The van der Waals surface area contributed by atoms with Crippen molar-refractivity contribution >= 4 is 40.8 Å². The number of carbonyl (C=O) groups excluding carboxylic acids is 2. The van der Waals surface area contributed by atoms with E-state index in [1.165, 1.54) is 6.07 Å².